The SMILES string of the molecule is CC(=O)OC1=C2C(C)(CCC(OC(C)=O)C2(C)C)C2=C(C1=O)C1(C)CCC(C(C)CCCC(C)C)C1(C)CC2=O. The molecule has 4 aliphatic rings. The first kappa shape index (κ1) is 30.7. The third-order valence-corrected chi connectivity index (χ3v) is 11.4. The first-order valence-electron chi connectivity index (χ1n) is 15.4. The molecule has 6 nitrogen and oxygen atoms in total. The Morgan fingerprint density at radius 1 is 0.900 bits per heavy atom. The maximum atomic E-state index is 14.6. The molecule has 0 aliphatic heterocycles. The number of allylic oxidation sites excluding steroid dienone is 2. The zero-order valence-electron chi connectivity index (χ0n) is 26.4. The molecule has 0 heterocycles. The number of fused-ring (bicyclic) bond motifs is 4. The molecule has 0 amide bonds. The van der Waals surface area contributed by atoms with Gasteiger partial charge in [0.15, 0.2) is 11.5 Å². The summed E-state index contributed by atoms with van der Waals surface area (Å²) in [6.45, 7) is 19.8. The summed E-state index contributed by atoms with van der Waals surface area (Å²) < 4.78 is 11.5. The van der Waals surface area contributed by atoms with Gasteiger partial charge in [0.05, 0.1) is 0 Å². The third kappa shape index (κ3) is 4.52. The summed E-state index contributed by atoms with van der Waals surface area (Å²) in [4.78, 5) is 53.4. The molecule has 6 unspecified atom stereocenters. The third-order valence-electron chi connectivity index (χ3n) is 11.4. The Morgan fingerprint density at radius 3 is 2.12 bits per heavy atom. The fraction of sp³-hybridized carbons (Fsp3) is 0.765. The Kier molecular flexibility index (Phi) is 7.86. The van der Waals surface area contributed by atoms with E-state index in [9.17, 15) is 19.2 Å². The average Bonchev–Trinajstić information content (AvgIpc) is 3.08. The molecule has 4 aliphatic carbocycles. The number of esters is 2. The standard InChI is InChI=1S/C34H50O6/c1-19(2)12-11-13-20(3)23-14-17-33(9)27-26(24(37)18-34(23,33)10)32(8)16-15-25(39-21(4)35)31(6,7)30(32)29(28(27)38)40-22(5)36/h19-20,23,25H,11-18H2,1-10H3. The first-order chi connectivity index (χ1) is 18.4. The fourth-order valence-corrected chi connectivity index (χ4v) is 9.39. The van der Waals surface area contributed by atoms with Crippen molar-refractivity contribution in [3.63, 3.8) is 0 Å². The van der Waals surface area contributed by atoms with Crippen molar-refractivity contribution in [1.29, 1.82) is 0 Å². The summed E-state index contributed by atoms with van der Waals surface area (Å²) in [5.74, 6) is 0.260. The predicted octanol–water partition coefficient (Wildman–Crippen LogP) is 7.30. The van der Waals surface area contributed by atoms with Crippen molar-refractivity contribution in [2.45, 2.75) is 127 Å². The highest BCUT2D eigenvalue weighted by atomic mass is 16.5. The van der Waals surface area contributed by atoms with Crippen LogP contribution in [0.15, 0.2) is 22.5 Å². The number of carbonyl (C=O) groups is 4. The highest BCUT2D eigenvalue weighted by Gasteiger charge is 2.67. The second-order valence-corrected chi connectivity index (χ2v) is 14.9. The zero-order valence-corrected chi connectivity index (χ0v) is 26.4. The molecule has 2 fully saturated rings. The lowest BCUT2D eigenvalue weighted by molar-refractivity contribution is -0.155. The van der Waals surface area contributed by atoms with Gasteiger partial charge in [0.25, 0.3) is 0 Å². The van der Waals surface area contributed by atoms with E-state index in [4.69, 9.17) is 9.47 Å². The van der Waals surface area contributed by atoms with E-state index < -0.39 is 34.3 Å². The van der Waals surface area contributed by atoms with E-state index in [0.717, 1.165) is 19.3 Å². The lowest BCUT2D eigenvalue weighted by atomic mass is 9.45. The van der Waals surface area contributed by atoms with Gasteiger partial charge in [0.2, 0.25) is 5.78 Å². The van der Waals surface area contributed by atoms with E-state index in [0.29, 0.717) is 53.7 Å². The number of carbonyl (C=O) groups excluding carboxylic acids is 4. The number of Topliss-reactive ketones (excluding diaryl/α,β-unsaturated/α-hetero) is 2. The molecule has 222 valence electrons. The van der Waals surface area contributed by atoms with Crippen molar-refractivity contribution in [2.75, 3.05) is 0 Å². The van der Waals surface area contributed by atoms with E-state index in [2.05, 4.69) is 34.6 Å². The smallest absolute Gasteiger partial charge is 0.308 e. The molecular formula is C34H50O6. The molecule has 0 radical (unpaired) electrons. The van der Waals surface area contributed by atoms with E-state index in [1.165, 1.54) is 26.7 Å². The Balaban J connectivity index is 1.85. The van der Waals surface area contributed by atoms with Crippen molar-refractivity contribution in [3.8, 4) is 0 Å². The molecule has 6 heteroatoms. The van der Waals surface area contributed by atoms with E-state index in [1.54, 1.807) is 0 Å². The highest BCUT2D eigenvalue weighted by Crippen LogP contribution is 2.71. The van der Waals surface area contributed by atoms with Gasteiger partial charge in [-0.3, -0.25) is 19.2 Å². The molecule has 0 aromatic rings. The molecular weight excluding hydrogens is 504 g/mol. The number of rotatable bonds is 7. The second-order valence-electron chi connectivity index (χ2n) is 14.9. The summed E-state index contributed by atoms with van der Waals surface area (Å²) in [6.07, 6.45) is 6.32. The van der Waals surface area contributed by atoms with Gasteiger partial charge in [-0.2, -0.15) is 0 Å². The van der Waals surface area contributed by atoms with Crippen LogP contribution in [0.4, 0.5) is 0 Å². The highest BCUT2D eigenvalue weighted by molar-refractivity contribution is 6.18. The minimum absolute atomic E-state index is 0.0438. The van der Waals surface area contributed by atoms with Gasteiger partial charge >= 0.3 is 11.9 Å². The molecule has 4 rings (SSSR count). The van der Waals surface area contributed by atoms with Crippen LogP contribution in [0.1, 0.15) is 121 Å². The summed E-state index contributed by atoms with van der Waals surface area (Å²) in [7, 11) is 0. The monoisotopic (exact) mass is 554 g/mol. The Morgan fingerprint density at radius 2 is 1.55 bits per heavy atom. The van der Waals surface area contributed by atoms with E-state index in [1.807, 2.05) is 20.8 Å². The van der Waals surface area contributed by atoms with Gasteiger partial charge in [-0.05, 0) is 54.4 Å². The van der Waals surface area contributed by atoms with Crippen molar-refractivity contribution >= 4 is 23.5 Å². The summed E-state index contributed by atoms with van der Waals surface area (Å²) in [5.41, 5.74) is -0.623. The molecule has 40 heavy (non-hydrogen) atoms. The maximum absolute atomic E-state index is 14.6. The summed E-state index contributed by atoms with van der Waals surface area (Å²) in [5, 5.41) is 0. The molecule has 0 bridgehead atoms. The van der Waals surface area contributed by atoms with Crippen LogP contribution in [-0.4, -0.2) is 29.6 Å². The number of hydrogen-bond donors (Lipinski definition) is 0. The van der Waals surface area contributed by atoms with E-state index >= 15 is 0 Å². The van der Waals surface area contributed by atoms with Crippen LogP contribution < -0.4 is 0 Å². The lowest BCUT2D eigenvalue weighted by Crippen LogP contribution is -2.56. The molecule has 0 saturated heterocycles. The average molecular weight is 555 g/mol. The van der Waals surface area contributed by atoms with Crippen LogP contribution in [0.2, 0.25) is 0 Å². The van der Waals surface area contributed by atoms with Crippen LogP contribution in [0.5, 0.6) is 0 Å². The topological polar surface area (TPSA) is 86.7 Å². The number of ether oxygens (including phenoxy) is 2. The van der Waals surface area contributed by atoms with Gasteiger partial charge < -0.3 is 9.47 Å². The van der Waals surface area contributed by atoms with Crippen molar-refractivity contribution in [1.82, 2.24) is 0 Å². The number of hydrogen-bond acceptors (Lipinski definition) is 6. The lowest BCUT2D eigenvalue weighted by Gasteiger charge is -2.58. The van der Waals surface area contributed by atoms with Crippen molar-refractivity contribution in [2.24, 2.45) is 39.4 Å². The van der Waals surface area contributed by atoms with Gasteiger partial charge in [-0.15, -0.1) is 0 Å². The Bertz CT molecular complexity index is 1190. The summed E-state index contributed by atoms with van der Waals surface area (Å²) >= 11 is 0. The summed E-state index contributed by atoms with van der Waals surface area (Å²) in [6, 6.07) is 0. The first-order valence-corrected chi connectivity index (χ1v) is 15.4. The van der Waals surface area contributed by atoms with Gasteiger partial charge in [-0.25, -0.2) is 0 Å². The molecule has 6 atom stereocenters. The van der Waals surface area contributed by atoms with Gasteiger partial charge in [0.1, 0.15) is 6.10 Å². The Hall–Kier alpha value is -2.24. The maximum Gasteiger partial charge on any atom is 0.308 e. The normalized spacial score (nSPS) is 35.8. The van der Waals surface area contributed by atoms with Crippen LogP contribution >= 0.6 is 0 Å². The molecule has 2 saturated carbocycles. The van der Waals surface area contributed by atoms with Crippen molar-refractivity contribution in [3.05, 3.63) is 22.5 Å². The fourth-order valence-electron chi connectivity index (χ4n) is 9.39. The van der Waals surface area contributed by atoms with Crippen LogP contribution in [0, 0.1) is 39.4 Å². The van der Waals surface area contributed by atoms with Crippen LogP contribution in [-0.2, 0) is 28.7 Å². The number of ketones is 2. The van der Waals surface area contributed by atoms with Gasteiger partial charge in [-0.1, -0.05) is 74.7 Å². The van der Waals surface area contributed by atoms with Crippen LogP contribution in [0.25, 0.3) is 0 Å². The minimum atomic E-state index is -0.803. The van der Waals surface area contributed by atoms with Crippen LogP contribution in [0.3, 0.4) is 0 Å². The van der Waals surface area contributed by atoms with Crippen molar-refractivity contribution < 1.29 is 28.7 Å². The largest absolute Gasteiger partial charge is 0.462 e. The zero-order chi connectivity index (χ0) is 30.0. The van der Waals surface area contributed by atoms with Gasteiger partial charge in [0, 0.05) is 47.7 Å². The Labute approximate surface area is 240 Å². The molecule has 0 aromatic carbocycles. The quantitative estimate of drug-likeness (QED) is 0.307. The van der Waals surface area contributed by atoms with E-state index in [-0.39, 0.29) is 22.7 Å². The molecule has 0 N–H and O–H groups in total. The molecule has 0 spiro atoms. The second kappa shape index (κ2) is 10.2. The minimum Gasteiger partial charge on any atom is -0.462 e. The molecule has 0 aromatic heterocycles. The predicted molar refractivity (Wildman–Crippen MR) is 154 cm³/mol.